The van der Waals surface area contributed by atoms with Crippen LogP contribution in [0.4, 0.5) is 0 Å². The Morgan fingerprint density at radius 3 is 2.71 bits per heavy atom. The molecule has 0 aromatic heterocycles. The maximum absolute atomic E-state index is 12.5. The van der Waals surface area contributed by atoms with Crippen molar-refractivity contribution in [2.24, 2.45) is 5.41 Å². The third-order valence-electron chi connectivity index (χ3n) is 3.86. The molecule has 5 heteroatoms. The molecule has 1 amide bonds. The molecule has 2 rings (SSSR count). The molecule has 0 bridgehead atoms. The summed E-state index contributed by atoms with van der Waals surface area (Å²) in [7, 11) is 1.67. The molecular weight excluding hydrogens is 284 g/mol. The zero-order chi connectivity index (χ0) is 15.0. The highest BCUT2D eigenvalue weighted by atomic mass is 32.2. The van der Waals surface area contributed by atoms with Gasteiger partial charge in [0.05, 0.1) is 12.0 Å². The number of methoxy groups -OCH3 is 1. The Labute approximate surface area is 131 Å². The highest BCUT2D eigenvalue weighted by molar-refractivity contribution is 7.99. The SMILES string of the molecule is COCC1(C(=O)NCCSc2ccccc2)CCNCC1. The van der Waals surface area contributed by atoms with Crippen LogP contribution in [-0.4, -0.2) is 45.0 Å². The number of hydrogen-bond donors (Lipinski definition) is 2. The van der Waals surface area contributed by atoms with E-state index in [1.54, 1.807) is 18.9 Å². The number of hydrogen-bond acceptors (Lipinski definition) is 4. The van der Waals surface area contributed by atoms with Gasteiger partial charge in [-0.3, -0.25) is 4.79 Å². The van der Waals surface area contributed by atoms with E-state index in [0.29, 0.717) is 13.2 Å². The molecular formula is C16H24N2O2S. The summed E-state index contributed by atoms with van der Waals surface area (Å²) >= 11 is 1.76. The normalized spacial score (nSPS) is 17.4. The fourth-order valence-corrected chi connectivity index (χ4v) is 3.45. The number of amides is 1. The van der Waals surface area contributed by atoms with Gasteiger partial charge in [-0.2, -0.15) is 0 Å². The summed E-state index contributed by atoms with van der Waals surface area (Å²) in [5.41, 5.74) is -0.350. The standard InChI is InChI=1S/C16H24N2O2S/c1-20-13-16(7-9-17-10-8-16)15(19)18-11-12-21-14-5-3-2-4-6-14/h2-6,17H,7-13H2,1H3,(H,18,19). The van der Waals surface area contributed by atoms with Gasteiger partial charge in [0.2, 0.25) is 5.91 Å². The van der Waals surface area contributed by atoms with Crippen LogP contribution < -0.4 is 10.6 Å². The van der Waals surface area contributed by atoms with Gasteiger partial charge < -0.3 is 15.4 Å². The first-order valence-electron chi connectivity index (χ1n) is 7.43. The summed E-state index contributed by atoms with van der Waals surface area (Å²) in [6.45, 7) is 2.97. The molecule has 1 aromatic carbocycles. The quantitative estimate of drug-likeness (QED) is 0.597. The molecule has 21 heavy (non-hydrogen) atoms. The second-order valence-electron chi connectivity index (χ2n) is 5.38. The number of rotatable bonds is 7. The van der Waals surface area contributed by atoms with E-state index in [0.717, 1.165) is 31.7 Å². The van der Waals surface area contributed by atoms with Crippen molar-refractivity contribution >= 4 is 17.7 Å². The minimum absolute atomic E-state index is 0.138. The molecule has 0 saturated carbocycles. The van der Waals surface area contributed by atoms with Crippen LogP contribution in [0.25, 0.3) is 0 Å². The largest absolute Gasteiger partial charge is 0.384 e. The number of ether oxygens (including phenoxy) is 1. The van der Waals surface area contributed by atoms with Crippen LogP contribution in [0.1, 0.15) is 12.8 Å². The second kappa shape index (κ2) is 8.41. The van der Waals surface area contributed by atoms with Gasteiger partial charge in [0.15, 0.2) is 0 Å². The molecule has 1 aromatic rings. The van der Waals surface area contributed by atoms with Gasteiger partial charge in [-0.05, 0) is 38.1 Å². The first kappa shape index (κ1) is 16.3. The summed E-state index contributed by atoms with van der Waals surface area (Å²) in [5, 5.41) is 6.38. The molecule has 2 N–H and O–H groups in total. The van der Waals surface area contributed by atoms with Gasteiger partial charge >= 0.3 is 0 Å². The van der Waals surface area contributed by atoms with Crippen molar-refractivity contribution in [1.29, 1.82) is 0 Å². The molecule has 116 valence electrons. The summed E-state index contributed by atoms with van der Waals surface area (Å²) in [6, 6.07) is 10.3. The zero-order valence-corrected chi connectivity index (χ0v) is 13.4. The Morgan fingerprint density at radius 2 is 2.05 bits per heavy atom. The fraction of sp³-hybridized carbons (Fsp3) is 0.562. The van der Waals surface area contributed by atoms with Gasteiger partial charge in [0.1, 0.15) is 0 Å². The maximum atomic E-state index is 12.5. The molecule has 4 nitrogen and oxygen atoms in total. The highest BCUT2D eigenvalue weighted by Gasteiger charge is 2.39. The van der Waals surface area contributed by atoms with Crippen LogP contribution >= 0.6 is 11.8 Å². The highest BCUT2D eigenvalue weighted by Crippen LogP contribution is 2.29. The Hall–Kier alpha value is -1.04. The average Bonchev–Trinajstić information content (AvgIpc) is 2.53. The van der Waals surface area contributed by atoms with E-state index in [1.807, 2.05) is 18.2 Å². The Morgan fingerprint density at radius 1 is 1.33 bits per heavy atom. The molecule has 0 radical (unpaired) electrons. The molecule has 0 unspecified atom stereocenters. The first-order valence-corrected chi connectivity index (χ1v) is 8.41. The second-order valence-corrected chi connectivity index (χ2v) is 6.55. The van der Waals surface area contributed by atoms with E-state index in [-0.39, 0.29) is 11.3 Å². The monoisotopic (exact) mass is 308 g/mol. The van der Waals surface area contributed by atoms with E-state index in [4.69, 9.17) is 4.74 Å². The van der Waals surface area contributed by atoms with E-state index in [2.05, 4.69) is 22.8 Å². The minimum atomic E-state index is -0.350. The summed E-state index contributed by atoms with van der Waals surface area (Å²) < 4.78 is 5.29. The van der Waals surface area contributed by atoms with Crippen molar-refractivity contribution in [1.82, 2.24) is 10.6 Å². The van der Waals surface area contributed by atoms with Gasteiger partial charge in [0, 0.05) is 24.3 Å². The van der Waals surface area contributed by atoms with Crippen LogP contribution in [0, 0.1) is 5.41 Å². The molecule has 1 aliphatic heterocycles. The number of carbonyl (C=O) groups is 1. The molecule has 0 atom stereocenters. The van der Waals surface area contributed by atoms with Crippen LogP contribution in [0.5, 0.6) is 0 Å². The predicted octanol–water partition coefficient (Wildman–Crippen LogP) is 1.91. The molecule has 1 heterocycles. The van der Waals surface area contributed by atoms with E-state index >= 15 is 0 Å². The Bertz CT molecular complexity index is 428. The van der Waals surface area contributed by atoms with Crippen LogP contribution in [0.15, 0.2) is 35.2 Å². The summed E-state index contributed by atoms with van der Waals surface area (Å²) in [6.07, 6.45) is 1.69. The van der Waals surface area contributed by atoms with Crippen LogP contribution in [0.2, 0.25) is 0 Å². The summed E-state index contributed by atoms with van der Waals surface area (Å²) in [4.78, 5) is 13.7. The lowest BCUT2D eigenvalue weighted by Crippen LogP contribution is -2.50. The van der Waals surface area contributed by atoms with Crippen LogP contribution in [0.3, 0.4) is 0 Å². The van der Waals surface area contributed by atoms with E-state index in [1.165, 1.54) is 4.90 Å². The van der Waals surface area contributed by atoms with Gasteiger partial charge in [-0.1, -0.05) is 18.2 Å². The maximum Gasteiger partial charge on any atom is 0.228 e. The number of nitrogens with one attached hydrogen (secondary N) is 2. The van der Waals surface area contributed by atoms with E-state index in [9.17, 15) is 4.79 Å². The van der Waals surface area contributed by atoms with Crippen molar-refractivity contribution in [3.05, 3.63) is 30.3 Å². The third-order valence-corrected chi connectivity index (χ3v) is 4.88. The first-order chi connectivity index (χ1) is 10.3. The Balaban J connectivity index is 1.77. The lowest BCUT2D eigenvalue weighted by atomic mass is 9.78. The van der Waals surface area contributed by atoms with Crippen molar-refractivity contribution in [3.8, 4) is 0 Å². The third kappa shape index (κ3) is 4.73. The van der Waals surface area contributed by atoms with Gasteiger partial charge in [-0.15, -0.1) is 11.8 Å². The number of carbonyl (C=O) groups excluding carboxylic acids is 1. The predicted molar refractivity (Wildman–Crippen MR) is 86.6 cm³/mol. The van der Waals surface area contributed by atoms with Crippen molar-refractivity contribution in [2.75, 3.05) is 39.1 Å². The van der Waals surface area contributed by atoms with Crippen molar-refractivity contribution in [2.45, 2.75) is 17.7 Å². The zero-order valence-electron chi connectivity index (χ0n) is 12.6. The number of piperidine rings is 1. The van der Waals surface area contributed by atoms with Crippen molar-refractivity contribution in [3.63, 3.8) is 0 Å². The number of thioether (sulfide) groups is 1. The minimum Gasteiger partial charge on any atom is -0.384 e. The molecule has 0 spiro atoms. The average molecular weight is 308 g/mol. The van der Waals surface area contributed by atoms with E-state index < -0.39 is 0 Å². The smallest absolute Gasteiger partial charge is 0.228 e. The van der Waals surface area contributed by atoms with Crippen molar-refractivity contribution < 1.29 is 9.53 Å². The molecule has 1 saturated heterocycles. The summed E-state index contributed by atoms with van der Waals surface area (Å²) in [5.74, 6) is 1.02. The molecule has 0 aliphatic carbocycles. The topological polar surface area (TPSA) is 50.4 Å². The Kier molecular flexibility index (Phi) is 6.54. The lowest BCUT2D eigenvalue weighted by Gasteiger charge is -2.35. The number of benzene rings is 1. The molecule has 1 aliphatic rings. The fourth-order valence-electron chi connectivity index (χ4n) is 2.66. The van der Waals surface area contributed by atoms with Crippen LogP contribution in [-0.2, 0) is 9.53 Å². The van der Waals surface area contributed by atoms with Gasteiger partial charge in [-0.25, -0.2) is 0 Å². The lowest BCUT2D eigenvalue weighted by molar-refractivity contribution is -0.136. The molecule has 1 fully saturated rings. The van der Waals surface area contributed by atoms with Gasteiger partial charge in [0.25, 0.3) is 0 Å².